The zero-order valence-corrected chi connectivity index (χ0v) is 15.2. The Labute approximate surface area is 165 Å². The number of ether oxygens (including phenoxy) is 1. The highest BCUT2D eigenvalue weighted by Crippen LogP contribution is 2.15. The van der Waals surface area contributed by atoms with E-state index in [1.54, 1.807) is 54.6 Å². The van der Waals surface area contributed by atoms with Gasteiger partial charge in [-0.25, -0.2) is 14.6 Å². The fourth-order valence-electron chi connectivity index (χ4n) is 2.24. The molecule has 5 nitrogen and oxygen atoms in total. The van der Waals surface area contributed by atoms with Gasteiger partial charge in [0.05, 0.1) is 11.8 Å². The van der Waals surface area contributed by atoms with Gasteiger partial charge in [0, 0.05) is 10.6 Å². The van der Waals surface area contributed by atoms with Crippen molar-refractivity contribution in [1.82, 2.24) is 5.43 Å². The Morgan fingerprint density at radius 1 is 0.964 bits per heavy atom. The minimum absolute atomic E-state index is 0.141. The first-order valence-corrected chi connectivity index (χ1v) is 8.56. The molecule has 3 aromatic carbocycles. The van der Waals surface area contributed by atoms with E-state index >= 15 is 0 Å². The zero-order chi connectivity index (χ0) is 19.9. The van der Waals surface area contributed by atoms with Crippen LogP contribution in [0.4, 0.5) is 4.39 Å². The van der Waals surface area contributed by atoms with E-state index in [1.165, 1.54) is 24.4 Å². The second kappa shape index (κ2) is 8.92. The minimum atomic E-state index is -0.783. The summed E-state index contributed by atoms with van der Waals surface area (Å²) in [5, 5.41) is 4.41. The summed E-state index contributed by atoms with van der Waals surface area (Å²) in [6.45, 7) is 0. The van der Waals surface area contributed by atoms with Gasteiger partial charge in [0.15, 0.2) is 0 Å². The highest BCUT2D eigenvalue weighted by molar-refractivity contribution is 6.30. The van der Waals surface area contributed by atoms with E-state index in [0.717, 1.165) is 0 Å². The van der Waals surface area contributed by atoms with Crippen molar-refractivity contribution in [3.63, 3.8) is 0 Å². The maximum Gasteiger partial charge on any atom is 0.346 e. The maximum atomic E-state index is 13.6. The van der Waals surface area contributed by atoms with Gasteiger partial charge in [-0.15, -0.1) is 0 Å². The fourth-order valence-corrected chi connectivity index (χ4v) is 2.37. The molecule has 0 spiro atoms. The van der Waals surface area contributed by atoms with E-state index in [9.17, 15) is 14.0 Å². The lowest BCUT2D eigenvalue weighted by molar-refractivity contribution is 0.0729. The molecule has 0 aliphatic heterocycles. The lowest BCUT2D eigenvalue weighted by Crippen LogP contribution is -2.17. The van der Waals surface area contributed by atoms with Crippen LogP contribution in [-0.4, -0.2) is 18.1 Å². The molecule has 3 rings (SSSR count). The molecule has 0 unspecified atom stereocenters. The normalized spacial score (nSPS) is 10.6. The summed E-state index contributed by atoms with van der Waals surface area (Å²) in [6.07, 6.45) is 1.44. The minimum Gasteiger partial charge on any atom is -0.423 e. The van der Waals surface area contributed by atoms with Gasteiger partial charge in [0.2, 0.25) is 0 Å². The van der Waals surface area contributed by atoms with Crippen molar-refractivity contribution in [2.75, 3.05) is 0 Å². The van der Waals surface area contributed by atoms with E-state index in [1.807, 2.05) is 0 Å². The van der Waals surface area contributed by atoms with Crippen molar-refractivity contribution in [3.05, 3.63) is 100 Å². The third-order valence-electron chi connectivity index (χ3n) is 3.67. The number of halogens is 2. The molecule has 0 radical (unpaired) electrons. The summed E-state index contributed by atoms with van der Waals surface area (Å²) < 4.78 is 18.7. The Kier molecular flexibility index (Phi) is 6.14. The number of hydrazone groups is 1. The number of hydrogen-bond donors (Lipinski definition) is 1. The van der Waals surface area contributed by atoms with Gasteiger partial charge >= 0.3 is 5.97 Å². The standard InChI is InChI=1S/C21H14ClFN2O3/c22-16-9-7-15(8-10-16)20(26)25-24-13-14-5-11-17(12-6-14)28-21(27)18-3-1-2-4-19(18)23/h1-13H,(H,25,26)/b24-13-. The van der Waals surface area contributed by atoms with Gasteiger partial charge in [0.25, 0.3) is 5.91 Å². The van der Waals surface area contributed by atoms with Crippen LogP contribution in [0.3, 0.4) is 0 Å². The lowest BCUT2D eigenvalue weighted by Gasteiger charge is -2.05. The van der Waals surface area contributed by atoms with E-state index in [2.05, 4.69) is 10.5 Å². The summed E-state index contributed by atoms with van der Waals surface area (Å²) in [5.41, 5.74) is 3.36. The van der Waals surface area contributed by atoms with E-state index in [4.69, 9.17) is 16.3 Å². The number of rotatable bonds is 5. The highest BCUT2D eigenvalue weighted by Gasteiger charge is 2.13. The van der Waals surface area contributed by atoms with Crippen LogP contribution >= 0.6 is 11.6 Å². The van der Waals surface area contributed by atoms with Crippen molar-refractivity contribution in [2.24, 2.45) is 5.10 Å². The summed E-state index contributed by atoms with van der Waals surface area (Å²) in [4.78, 5) is 23.9. The van der Waals surface area contributed by atoms with Crippen LogP contribution < -0.4 is 10.2 Å². The molecule has 7 heteroatoms. The Balaban J connectivity index is 1.57. The smallest absolute Gasteiger partial charge is 0.346 e. The van der Waals surface area contributed by atoms with Crippen LogP contribution in [-0.2, 0) is 0 Å². The Morgan fingerprint density at radius 3 is 2.32 bits per heavy atom. The predicted octanol–water partition coefficient (Wildman–Crippen LogP) is 4.46. The summed E-state index contributed by atoms with van der Waals surface area (Å²) >= 11 is 5.78. The summed E-state index contributed by atoms with van der Waals surface area (Å²) in [7, 11) is 0. The van der Waals surface area contributed by atoms with Crippen molar-refractivity contribution in [1.29, 1.82) is 0 Å². The first-order valence-electron chi connectivity index (χ1n) is 8.19. The molecule has 0 aliphatic rings. The molecule has 3 aromatic rings. The third-order valence-corrected chi connectivity index (χ3v) is 3.92. The van der Waals surface area contributed by atoms with Crippen molar-refractivity contribution >= 4 is 29.7 Å². The van der Waals surface area contributed by atoms with E-state index in [-0.39, 0.29) is 17.2 Å². The zero-order valence-electron chi connectivity index (χ0n) is 14.4. The molecular weight excluding hydrogens is 383 g/mol. The Morgan fingerprint density at radius 2 is 1.64 bits per heavy atom. The van der Waals surface area contributed by atoms with E-state index < -0.39 is 11.8 Å². The van der Waals surface area contributed by atoms with Crippen LogP contribution in [0.25, 0.3) is 0 Å². The van der Waals surface area contributed by atoms with Gasteiger partial charge in [-0.2, -0.15) is 5.10 Å². The van der Waals surface area contributed by atoms with Gasteiger partial charge in [0.1, 0.15) is 11.6 Å². The predicted molar refractivity (Wildman–Crippen MR) is 104 cm³/mol. The van der Waals surface area contributed by atoms with Crippen LogP contribution in [0, 0.1) is 5.82 Å². The van der Waals surface area contributed by atoms with E-state index in [0.29, 0.717) is 16.1 Å². The van der Waals surface area contributed by atoms with Crippen molar-refractivity contribution < 1.29 is 18.7 Å². The van der Waals surface area contributed by atoms with Gasteiger partial charge in [-0.3, -0.25) is 4.79 Å². The SMILES string of the molecule is O=C(N/N=C\c1ccc(OC(=O)c2ccccc2F)cc1)c1ccc(Cl)cc1. The van der Waals surface area contributed by atoms with Crippen LogP contribution in [0.5, 0.6) is 5.75 Å². The average molecular weight is 397 g/mol. The fraction of sp³-hybridized carbons (Fsp3) is 0. The topological polar surface area (TPSA) is 67.8 Å². The molecule has 0 atom stereocenters. The number of carbonyl (C=O) groups is 2. The van der Waals surface area contributed by atoms with Crippen LogP contribution in [0.1, 0.15) is 26.3 Å². The molecule has 0 saturated heterocycles. The number of nitrogens with zero attached hydrogens (tertiary/aromatic N) is 1. The second-order valence-corrected chi connectivity index (χ2v) is 6.08. The van der Waals surface area contributed by atoms with Crippen LogP contribution in [0.2, 0.25) is 5.02 Å². The number of hydrogen-bond acceptors (Lipinski definition) is 4. The Bertz CT molecular complexity index is 1020. The number of esters is 1. The van der Waals surface area contributed by atoms with Crippen molar-refractivity contribution in [2.45, 2.75) is 0 Å². The molecule has 1 N–H and O–H groups in total. The highest BCUT2D eigenvalue weighted by atomic mass is 35.5. The average Bonchev–Trinajstić information content (AvgIpc) is 2.70. The molecule has 1 amide bonds. The molecular formula is C21H14ClFN2O3. The number of nitrogens with one attached hydrogen (secondary N) is 1. The molecule has 0 aromatic heterocycles. The molecule has 0 fully saturated rings. The summed E-state index contributed by atoms with van der Waals surface area (Å²) in [5.74, 6) is -1.54. The first-order chi connectivity index (χ1) is 13.5. The molecule has 28 heavy (non-hydrogen) atoms. The quantitative estimate of drug-likeness (QED) is 0.299. The maximum absolute atomic E-state index is 13.6. The lowest BCUT2D eigenvalue weighted by atomic mass is 10.2. The molecule has 0 heterocycles. The monoisotopic (exact) mass is 396 g/mol. The largest absolute Gasteiger partial charge is 0.423 e. The molecule has 0 aliphatic carbocycles. The molecule has 140 valence electrons. The van der Waals surface area contributed by atoms with Crippen LogP contribution in [0.15, 0.2) is 77.9 Å². The second-order valence-electron chi connectivity index (χ2n) is 5.64. The summed E-state index contributed by atoms with van der Waals surface area (Å²) in [6, 6.07) is 18.4. The van der Waals surface area contributed by atoms with Gasteiger partial charge < -0.3 is 4.74 Å². The Hall–Kier alpha value is -3.51. The third kappa shape index (κ3) is 5.02. The number of amides is 1. The number of carbonyl (C=O) groups excluding carboxylic acids is 2. The number of benzene rings is 3. The molecule has 0 saturated carbocycles. The van der Waals surface area contributed by atoms with Crippen molar-refractivity contribution in [3.8, 4) is 5.75 Å². The molecule has 0 bridgehead atoms. The van der Waals surface area contributed by atoms with Gasteiger partial charge in [-0.1, -0.05) is 23.7 Å². The van der Waals surface area contributed by atoms with Gasteiger partial charge in [-0.05, 0) is 66.2 Å². The first kappa shape index (κ1) is 19.3.